The molecule has 0 heterocycles. The molecule has 0 spiro atoms. The van der Waals surface area contributed by atoms with Crippen molar-refractivity contribution in [1.82, 2.24) is 0 Å². The Morgan fingerprint density at radius 3 is 1.64 bits per heavy atom. The summed E-state index contributed by atoms with van der Waals surface area (Å²) >= 11 is 0. The number of carbonyl (C=O) groups excluding carboxylic acids is 1. The first-order chi connectivity index (χ1) is 11.1. The molecule has 0 amide bonds. The van der Waals surface area contributed by atoms with Crippen molar-refractivity contribution in [2.45, 2.75) is 73.1 Å². The van der Waals surface area contributed by atoms with Crippen LogP contribution >= 0.6 is 0 Å². The van der Waals surface area contributed by atoms with Gasteiger partial charge in [0.15, 0.2) is 5.78 Å². The molecule has 1 aromatic rings. The summed E-state index contributed by atoms with van der Waals surface area (Å²) in [7, 11) is 0. The second-order valence-electron chi connectivity index (χ2n) is 9.71. The molecule has 0 radical (unpaired) electrons. The van der Waals surface area contributed by atoms with Crippen LogP contribution in [0.5, 0.6) is 5.75 Å². The van der Waals surface area contributed by atoms with Crippen molar-refractivity contribution in [3.8, 4) is 11.8 Å². The molecule has 3 nitrogen and oxygen atoms in total. The highest BCUT2D eigenvalue weighted by atomic mass is 16.3. The highest BCUT2D eigenvalue weighted by molar-refractivity contribution is 6.06. The molecular weight excluding hydrogens is 310 g/mol. The maximum absolute atomic E-state index is 12.5. The third-order valence-corrected chi connectivity index (χ3v) is 4.11. The molecule has 0 atom stereocenters. The van der Waals surface area contributed by atoms with Crippen molar-refractivity contribution in [3.05, 3.63) is 34.4 Å². The van der Waals surface area contributed by atoms with Crippen LogP contribution in [0.25, 0.3) is 6.08 Å². The lowest BCUT2D eigenvalue weighted by molar-refractivity contribution is -0.121. The van der Waals surface area contributed by atoms with Crippen LogP contribution in [0.2, 0.25) is 0 Å². The van der Waals surface area contributed by atoms with E-state index in [1.807, 2.05) is 59.7 Å². The van der Waals surface area contributed by atoms with E-state index in [-0.39, 0.29) is 27.9 Å². The molecule has 0 saturated carbocycles. The van der Waals surface area contributed by atoms with Gasteiger partial charge in [-0.05, 0) is 34.6 Å². The molecule has 0 aromatic heterocycles. The molecule has 0 aliphatic rings. The van der Waals surface area contributed by atoms with E-state index >= 15 is 0 Å². The van der Waals surface area contributed by atoms with Crippen LogP contribution in [-0.4, -0.2) is 10.9 Å². The van der Waals surface area contributed by atoms with E-state index in [1.165, 1.54) is 0 Å². The minimum Gasteiger partial charge on any atom is -0.507 e. The fraction of sp³-hybridized carbons (Fsp3) is 0.545. The normalized spacial score (nSPS) is 13.5. The van der Waals surface area contributed by atoms with Gasteiger partial charge in [0.1, 0.15) is 11.8 Å². The lowest BCUT2D eigenvalue weighted by Gasteiger charge is -2.28. The first-order valence-corrected chi connectivity index (χ1v) is 8.63. The Balaban J connectivity index is 3.70. The van der Waals surface area contributed by atoms with Crippen LogP contribution in [0, 0.1) is 16.7 Å². The highest BCUT2D eigenvalue weighted by Gasteiger charge is 2.28. The average Bonchev–Trinajstić information content (AvgIpc) is 2.41. The van der Waals surface area contributed by atoms with Crippen LogP contribution in [0.15, 0.2) is 17.7 Å². The zero-order valence-electron chi connectivity index (χ0n) is 17.0. The topological polar surface area (TPSA) is 61.1 Å². The molecule has 0 saturated heterocycles. The maximum atomic E-state index is 12.5. The van der Waals surface area contributed by atoms with Gasteiger partial charge in [0.05, 0.1) is 5.57 Å². The van der Waals surface area contributed by atoms with E-state index in [9.17, 15) is 15.2 Å². The smallest absolute Gasteiger partial charge is 0.178 e. The monoisotopic (exact) mass is 341 g/mol. The number of hydrogen-bond acceptors (Lipinski definition) is 3. The zero-order valence-corrected chi connectivity index (χ0v) is 17.0. The van der Waals surface area contributed by atoms with Gasteiger partial charge in [0.25, 0.3) is 0 Å². The number of nitriles is 1. The molecule has 3 heteroatoms. The summed E-state index contributed by atoms with van der Waals surface area (Å²) in [4.78, 5) is 12.5. The molecule has 0 unspecified atom stereocenters. The largest absolute Gasteiger partial charge is 0.507 e. The molecule has 0 bridgehead atoms. The Hall–Kier alpha value is -2.08. The minimum atomic E-state index is -0.613. The molecule has 0 aliphatic heterocycles. The fourth-order valence-electron chi connectivity index (χ4n) is 2.60. The molecule has 1 N–H and O–H groups in total. The van der Waals surface area contributed by atoms with Crippen LogP contribution in [-0.2, 0) is 15.6 Å². The number of phenols is 1. The van der Waals surface area contributed by atoms with Crippen molar-refractivity contribution >= 4 is 11.9 Å². The van der Waals surface area contributed by atoms with E-state index < -0.39 is 5.41 Å². The number of carbonyl (C=O) groups is 1. The van der Waals surface area contributed by atoms with Gasteiger partial charge >= 0.3 is 0 Å². The number of nitrogens with zero attached hydrogens (tertiary/aromatic N) is 1. The summed E-state index contributed by atoms with van der Waals surface area (Å²) in [5, 5.41) is 20.2. The minimum absolute atomic E-state index is 0.137. The van der Waals surface area contributed by atoms with Crippen LogP contribution < -0.4 is 0 Å². The number of benzene rings is 1. The lowest BCUT2D eigenvalue weighted by Crippen LogP contribution is -2.21. The quantitative estimate of drug-likeness (QED) is 0.570. The van der Waals surface area contributed by atoms with Crippen LogP contribution in [0.4, 0.5) is 0 Å². The SMILES string of the molecule is CC(C)(C)C(=O)C(C#N)=Cc1cc(C(C)(C)C)c(O)c(C(C)(C)C)c1. The standard InChI is InChI=1S/C22H31NO2/c1-20(2,3)16-11-14(12-17(18(16)24)21(4,5)6)10-15(13-23)19(25)22(7,8)9/h10-12,24H,1-9H3. The Bertz CT molecular complexity index is 707. The maximum Gasteiger partial charge on any atom is 0.178 e. The van der Waals surface area contributed by atoms with E-state index in [4.69, 9.17) is 0 Å². The Morgan fingerprint density at radius 2 is 1.36 bits per heavy atom. The molecule has 136 valence electrons. The molecule has 0 aliphatic carbocycles. The van der Waals surface area contributed by atoms with Gasteiger partial charge in [-0.3, -0.25) is 4.79 Å². The average molecular weight is 341 g/mol. The fourth-order valence-corrected chi connectivity index (χ4v) is 2.60. The number of aromatic hydroxyl groups is 1. The summed E-state index contributed by atoms with van der Waals surface area (Å²) in [5.74, 6) is 0.107. The van der Waals surface area contributed by atoms with Crippen molar-refractivity contribution in [1.29, 1.82) is 5.26 Å². The third-order valence-electron chi connectivity index (χ3n) is 4.11. The second-order valence-corrected chi connectivity index (χ2v) is 9.71. The van der Waals surface area contributed by atoms with Crippen LogP contribution in [0.1, 0.15) is 79.0 Å². The summed E-state index contributed by atoms with van der Waals surface area (Å²) in [6.45, 7) is 17.6. The number of Topliss-reactive ketones (excluding diaryl/α,β-unsaturated/α-hetero) is 1. The van der Waals surface area contributed by atoms with Gasteiger partial charge in [0.2, 0.25) is 0 Å². The number of allylic oxidation sites excluding steroid dienone is 1. The van der Waals surface area contributed by atoms with E-state index in [0.717, 1.165) is 16.7 Å². The number of rotatable bonds is 2. The molecular formula is C22H31NO2. The first-order valence-electron chi connectivity index (χ1n) is 8.63. The number of ketones is 1. The summed E-state index contributed by atoms with van der Waals surface area (Å²) in [6.07, 6.45) is 1.64. The van der Waals surface area contributed by atoms with Gasteiger partial charge in [-0.1, -0.05) is 62.3 Å². The van der Waals surface area contributed by atoms with Crippen molar-refractivity contribution in [2.24, 2.45) is 5.41 Å². The predicted octanol–water partition coefficient (Wildman–Crippen LogP) is 5.51. The van der Waals surface area contributed by atoms with Gasteiger partial charge in [-0.25, -0.2) is 0 Å². The van der Waals surface area contributed by atoms with Crippen molar-refractivity contribution < 1.29 is 9.90 Å². The Morgan fingerprint density at radius 1 is 0.960 bits per heavy atom. The van der Waals surface area contributed by atoms with Gasteiger partial charge in [-0.2, -0.15) is 5.26 Å². The summed E-state index contributed by atoms with van der Waals surface area (Å²) < 4.78 is 0. The van der Waals surface area contributed by atoms with E-state index in [2.05, 4.69) is 0 Å². The predicted molar refractivity (Wildman–Crippen MR) is 104 cm³/mol. The first kappa shape index (κ1) is 21.0. The van der Waals surface area contributed by atoms with E-state index in [0.29, 0.717) is 0 Å². The highest BCUT2D eigenvalue weighted by Crippen LogP contribution is 2.40. The number of hydrogen-bond donors (Lipinski definition) is 1. The zero-order chi connectivity index (χ0) is 19.8. The lowest BCUT2D eigenvalue weighted by atomic mass is 9.78. The molecule has 25 heavy (non-hydrogen) atoms. The number of phenolic OH excluding ortho intramolecular Hbond substituents is 1. The molecule has 1 aromatic carbocycles. The van der Waals surface area contributed by atoms with Crippen LogP contribution in [0.3, 0.4) is 0 Å². The van der Waals surface area contributed by atoms with Gasteiger partial charge in [-0.15, -0.1) is 0 Å². The summed E-state index contributed by atoms with van der Waals surface area (Å²) in [5.41, 5.74) is 1.40. The molecule has 0 fully saturated rings. The Labute approximate surface area is 152 Å². The summed E-state index contributed by atoms with van der Waals surface area (Å²) in [6, 6.07) is 5.78. The van der Waals surface area contributed by atoms with Crippen molar-refractivity contribution in [3.63, 3.8) is 0 Å². The molecule has 1 rings (SSSR count). The second kappa shape index (κ2) is 6.67. The van der Waals surface area contributed by atoms with E-state index in [1.54, 1.807) is 26.8 Å². The van der Waals surface area contributed by atoms with Crippen molar-refractivity contribution in [2.75, 3.05) is 0 Å². The van der Waals surface area contributed by atoms with Gasteiger partial charge in [0, 0.05) is 16.5 Å². The van der Waals surface area contributed by atoms with Gasteiger partial charge < -0.3 is 5.11 Å². The third kappa shape index (κ3) is 4.95. The Kier molecular flexibility index (Phi) is 5.59.